The molecule has 6 heteroatoms. The zero-order chi connectivity index (χ0) is 16.8. The molecular formula is C18H19N3O3. The molecule has 124 valence electrons. The number of amides is 3. The summed E-state index contributed by atoms with van der Waals surface area (Å²) in [7, 11) is 0. The number of imide groups is 1. The molecule has 1 aromatic heterocycles. The number of nitrogens with one attached hydrogen (secondary N) is 1. The summed E-state index contributed by atoms with van der Waals surface area (Å²) in [6, 6.07) is 5.37. The highest BCUT2D eigenvalue weighted by Gasteiger charge is 2.58. The number of pyridine rings is 1. The lowest BCUT2D eigenvalue weighted by atomic mass is 9.85. The summed E-state index contributed by atoms with van der Waals surface area (Å²) in [4.78, 5) is 42.6. The molecule has 2 fully saturated rings. The predicted molar refractivity (Wildman–Crippen MR) is 86.7 cm³/mol. The number of rotatable bonds is 4. The molecule has 1 aromatic rings. The highest BCUT2D eigenvalue weighted by atomic mass is 16.2. The molecule has 4 rings (SSSR count). The molecule has 2 heterocycles. The molecule has 3 amide bonds. The Bertz CT molecular complexity index is 728. The van der Waals surface area contributed by atoms with Crippen molar-refractivity contribution in [3.63, 3.8) is 0 Å². The fourth-order valence-electron chi connectivity index (χ4n) is 4.22. The summed E-state index contributed by atoms with van der Waals surface area (Å²) in [6.45, 7) is 1.99. The second-order valence-electron chi connectivity index (χ2n) is 6.79. The number of likely N-dealkylation sites (tertiary alicyclic amines) is 1. The lowest BCUT2D eigenvalue weighted by Crippen LogP contribution is -2.35. The number of aromatic nitrogens is 1. The topological polar surface area (TPSA) is 79.4 Å². The fraction of sp³-hybridized carbons (Fsp3) is 0.444. The van der Waals surface area contributed by atoms with Crippen molar-refractivity contribution in [2.75, 3.05) is 11.9 Å². The first kappa shape index (κ1) is 15.1. The second kappa shape index (κ2) is 5.54. The standard InChI is InChI=1S/C18H19N3O3/c1-10-3-2-4-13(19-10)20-14(22)7-8-21-17(23)15-11-5-6-12(9-11)16(15)18(21)24/h2-6,11-12,15-16H,7-9H2,1H3,(H,19,20,22)/t11-,12-,15-,16+/m0/s1. The van der Waals surface area contributed by atoms with E-state index in [1.54, 1.807) is 6.07 Å². The molecule has 0 unspecified atom stereocenters. The molecule has 0 radical (unpaired) electrons. The summed E-state index contributed by atoms with van der Waals surface area (Å²) in [5, 5.41) is 2.71. The Morgan fingerprint density at radius 3 is 2.50 bits per heavy atom. The average molecular weight is 325 g/mol. The lowest BCUT2D eigenvalue weighted by molar-refractivity contribution is -0.140. The molecule has 1 saturated heterocycles. The highest BCUT2D eigenvalue weighted by molar-refractivity contribution is 6.06. The number of anilines is 1. The number of carbonyl (C=O) groups is 3. The van der Waals surface area contributed by atoms with Gasteiger partial charge in [-0.05, 0) is 37.3 Å². The Morgan fingerprint density at radius 2 is 1.88 bits per heavy atom. The molecular weight excluding hydrogens is 306 g/mol. The van der Waals surface area contributed by atoms with Crippen molar-refractivity contribution in [3.05, 3.63) is 36.0 Å². The van der Waals surface area contributed by atoms with Gasteiger partial charge in [-0.1, -0.05) is 18.2 Å². The van der Waals surface area contributed by atoms with Crippen LogP contribution in [0.4, 0.5) is 5.82 Å². The van der Waals surface area contributed by atoms with Crippen molar-refractivity contribution in [1.29, 1.82) is 0 Å². The van der Waals surface area contributed by atoms with Crippen molar-refractivity contribution in [2.24, 2.45) is 23.7 Å². The summed E-state index contributed by atoms with van der Waals surface area (Å²) in [5.41, 5.74) is 0.813. The van der Waals surface area contributed by atoms with Crippen molar-refractivity contribution >= 4 is 23.5 Å². The van der Waals surface area contributed by atoms with Gasteiger partial charge in [0.05, 0.1) is 11.8 Å². The third kappa shape index (κ3) is 2.33. The number of allylic oxidation sites excluding steroid dienone is 2. The van der Waals surface area contributed by atoms with Gasteiger partial charge in [0.15, 0.2) is 0 Å². The van der Waals surface area contributed by atoms with Crippen LogP contribution in [-0.4, -0.2) is 34.2 Å². The van der Waals surface area contributed by atoms with Gasteiger partial charge in [0.2, 0.25) is 17.7 Å². The van der Waals surface area contributed by atoms with E-state index >= 15 is 0 Å². The Morgan fingerprint density at radius 1 is 1.21 bits per heavy atom. The second-order valence-corrected chi connectivity index (χ2v) is 6.79. The summed E-state index contributed by atoms with van der Waals surface area (Å²) in [5.74, 6) is 0.0262. The van der Waals surface area contributed by atoms with E-state index in [1.165, 1.54) is 4.90 Å². The van der Waals surface area contributed by atoms with E-state index in [9.17, 15) is 14.4 Å². The van der Waals surface area contributed by atoms with E-state index in [-0.39, 0.29) is 54.4 Å². The Labute approximate surface area is 139 Å². The number of fused-ring (bicyclic) bond motifs is 5. The SMILES string of the molecule is Cc1cccc(NC(=O)CCN2C(=O)[C@@H]3[C@H](C2=O)[C@H]2C=C[C@H]3C2)n1. The smallest absolute Gasteiger partial charge is 0.233 e. The molecule has 1 saturated carbocycles. The van der Waals surface area contributed by atoms with Gasteiger partial charge in [0.1, 0.15) is 5.82 Å². The van der Waals surface area contributed by atoms with Crippen LogP contribution >= 0.6 is 0 Å². The first-order valence-corrected chi connectivity index (χ1v) is 8.31. The molecule has 1 N–H and O–H groups in total. The quantitative estimate of drug-likeness (QED) is 0.672. The van der Waals surface area contributed by atoms with Crippen molar-refractivity contribution in [1.82, 2.24) is 9.88 Å². The predicted octanol–water partition coefficient (Wildman–Crippen LogP) is 1.53. The van der Waals surface area contributed by atoms with E-state index in [4.69, 9.17) is 0 Å². The Hall–Kier alpha value is -2.50. The normalized spacial score (nSPS) is 30.1. The Balaban J connectivity index is 1.37. The minimum absolute atomic E-state index is 0.0926. The zero-order valence-electron chi connectivity index (χ0n) is 13.4. The number of aryl methyl sites for hydroxylation is 1. The summed E-state index contributed by atoms with van der Waals surface area (Å²) >= 11 is 0. The van der Waals surface area contributed by atoms with Crippen LogP contribution in [0.25, 0.3) is 0 Å². The summed E-state index contributed by atoms with van der Waals surface area (Å²) < 4.78 is 0. The van der Waals surface area contributed by atoms with Gasteiger partial charge in [0.25, 0.3) is 0 Å². The highest BCUT2D eigenvalue weighted by Crippen LogP contribution is 2.52. The van der Waals surface area contributed by atoms with Gasteiger partial charge in [-0.25, -0.2) is 4.98 Å². The van der Waals surface area contributed by atoms with Crippen LogP contribution in [0.5, 0.6) is 0 Å². The molecule has 0 aromatic carbocycles. The van der Waals surface area contributed by atoms with Gasteiger partial charge in [-0.3, -0.25) is 19.3 Å². The fourth-order valence-corrected chi connectivity index (χ4v) is 4.22. The van der Waals surface area contributed by atoms with Crippen molar-refractivity contribution in [2.45, 2.75) is 19.8 Å². The van der Waals surface area contributed by atoms with E-state index in [0.29, 0.717) is 5.82 Å². The molecule has 3 aliphatic rings. The van der Waals surface area contributed by atoms with Gasteiger partial charge in [0, 0.05) is 18.7 Å². The minimum atomic E-state index is -0.244. The first-order valence-electron chi connectivity index (χ1n) is 8.31. The molecule has 2 bridgehead atoms. The molecule has 6 nitrogen and oxygen atoms in total. The van der Waals surface area contributed by atoms with Gasteiger partial charge in [-0.15, -0.1) is 0 Å². The van der Waals surface area contributed by atoms with Gasteiger partial charge in [-0.2, -0.15) is 0 Å². The third-order valence-corrected chi connectivity index (χ3v) is 5.28. The van der Waals surface area contributed by atoms with E-state index in [1.807, 2.05) is 19.1 Å². The molecule has 24 heavy (non-hydrogen) atoms. The molecule has 0 spiro atoms. The zero-order valence-corrected chi connectivity index (χ0v) is 13.4. The molecule has 1 aliphatic heterocycles. The van der Waals surface area contributed by atoms with Crippen LogP contribution in [0.15, 0.2) is 30.4 Å². The van der Waals surface area contributed by atoms with Gasteiger partial charge < -0.3 is 5.32 Å². The average Bonchev–Trinajstić information content (AvgIpc) is 3.20. The Kier molecular flexibility index (Phi) is 3.48. The van der Waals surface area contributed by atoms with E-state index in [2.05, 4.69) is 22.5 Å². The van der Waals surface area contributed by atoms with E-state index < -0.39 is 0 Å². The number of nitrogens with zero attached hydrogens (tertiary/aromatic N) is 2. The maximum Gasteiger partial charge on any atom is 0.233 e. The maximum atomic E-state index is 12.5. The van der Waals surface area contributed by atoms with Crippen LogP contribution < -0.4 is 5.32 Å². The van der Waals surface area contributed by atoms with Crippen molar-refractivity contribution in [3.8, 4) is 0 Å². The van der Waals surface area contributed by atoms with Crippen LogP contribution in [0.1, 0.15) is 18.5 Å². The van der Waals surface area contributed by atoms with Gasteiger partial charge >= 0.3 is 0 Å². The summed E-state index contributed by atoms with van der Waals surface area (Å²) in [6.07, 6.45) is 5.14. The molecule has 4 atom stereocenters. The monoisotopic (exact) mass is 325 g/mol. The first-order chi connectivity index (χ1) is 11.5. The minimum Gasteiger partial charge on any atom is -0.311 e. The number of hydrogen-bond acceptors (Lipinski definition) is 4. The third-order valence-electron chi connectivity index (χ3n) is 5.28. The van der Waals surface area contributed by atoms with Crippen molar-refractivity contribution < 1.29 is 14.4 Å². The van der Waals surface area contributed by atoms with Crippen LogP contribution in [0, 0.1) is 30.6 Å². The van der Waals surface area contributed by atoms with Crippen LogP contribution in [0.2, 0.25) is 0 Å². The lowest BCUT2D eigenvalue weighted by Gasteiger charge is -2.16. The largest absolute Gasteiger partial charge is 0.311 e. The maximum absolute atomic E-state index is 12.5. The van der Waals surface area contributed by atoms with E-state index in [0.717, 1.165) is 12.1 Å². The van der Waals surface area contributed by atoms with Crippen LogP contribution in [0.3, 0.4) is 0 Å². The number of carbonyl (C=O) groups excluding carboxylic acids is 3. The van der Waals surface area contributed by atoms with Crippen LogP contribution in [-0.2, 0) is 14.4 Å². The molecule has 2 aliphatic carbocycles. The number of hydrogen-bond donors (Lipinski definition) is 1.